The molecule has 0 saturated carbocycles. The first-order valence-electron chi connectivity index (χ1n) is 8.97. The molecule has 2 aromatic heterocycles. The van der Waals surface area contributed by atoms with Crippen LogP contribution in [0, 0.1) is 13.8 Å². The SMILES string of the molecule is CCOC(=O)c1c(C)[nH]c(C(=O)[C@@H](C)OC(=O)CCCc2cccs2)c1C. The van der Waals surface area contributed by atoms with E-state index in [0.29, 0.717) is 23.2 Å². The van der Waals surface area contributed by atoms with Crippen molar-refractivity contribution in [1.29, 1.82) is 0 Å². The molecule has 0 saturated heterocycles. The quantitative estimate of drug-likeness (QED) is 0.516. The number of hydrogen-bond acceptors (Lipinski definition) is 6. The first-order valence-corrected chi connectivity index (χ1v) is 9.85. The molecule has 0 fully saturated rings. The number of aryl methyl sites for hydroxylation is 2. The zero-order valence-corrected chi connectivity index (χ0v) is 16.9. The highest BCUT2D eigenvalue weighted by atomic mass is 32.1. The Kier molecular flexibility index (Phi) is 7.36. The molecule has 146 valence electrons. The predicted octanol–water partition coefficient (Wildman–Crippen LogP) is 4.01. The van der Waals surface area contributed by atoms with Crippen molar-refractivity contribution in [1.82, 2.24) is 4.98 Å². The predicted molar refractivity (Wildman–Crippen MR) is 103 cm³/mol. The third-order valence-electron chi connectivity index (χ3n) is 4.23. The third kappa shape index (κ3) is 5.29. The first-order chi connectivity index (χ1) is 12.8. The third-order valence-corrected chi connectivity index (χ3v) is 5.16. The van der Waals surface area contributed by atoms with Gasteiger partial charge in [0.25, 0.3) is 0 Å². The lowest BCUT2D eigenvalue weighted by Gasteiger charge is -2.12. The molecule has 1 N–H and O–H groups in total. The van der Waals surface area contributed by atoms with Gasteiger partial charge >= 0.3 is 11.9 Å². The van der Waals surface area contributed by atoms with Crippen molar-refractivity contribution in [2.24, 2.45) is 0 Å². The second-order valence-electron chi connectivity index (χ2n) is 6.27. The molecule has 0 amide bonds. The smallest absolute Gasteiger partial charge is 0.340 e. The zero-order valence-electron chi connectivity index (χ0n) is 16.1. The molecule has 1 atom stereocenters. The standard InChI is InChI=1S/C20H25NO5S/c1-5-25-20(24)17-12(2)18(21-13(17)3)19(23)14(4)26-16(22)10-6-8-15-9-7-11-27-15/h7,9,11,14,21H,5-6,8,10H2,1-4H3/t14-/m1/s1. The Morgan fingerprint density at radius 2 is 2.00 bits per heavy atom. The van der Waals surface area contributed by atoms with Gasteiger partial charge < -0.3 is 14.5 Å². The Hall–Kier alpha value is -2.41. The zero-order chi connectivity index (χ0) is 20.0. The lowest BCUT2D eigenvalue weighted by molar-refractivity contribution is -0.146. The number of rotatable bonds is 9. The molecule has 0 unspecified atom stereocenters. The number of hydrogen-bond donors (Lipinski definition) is 1. The molecule has 0 aliphatic rings. The van der Waals surface area contributed by atoms with E-state index in [9.17, 15) is 14.4 Å². The number of aromatic nitrogens is 1. The number of nitrogens with one attached hydrogen (secondary N) is 1. The Bertz CT molecular complexity index is 807. The fourth-order valence-electron chi connectivity index (χ4n) is 2.88. The van der Waals surface area contributed by atoms with E-state index in [0.717, 1.165) is 6.42 Å². The summed E-state index contributed by atoms with van der Waals surface area (Å²) >= 11 is 1.65. The van der Waals surface area contributed by atoms with Gasteiger partial charge in [0.15, 0.2) is 6.10 Å². The second kappa shape index (κ2) is 9.50. The molecular weight excluding hydrogens is 366 g/mol. The van der Waals surface area contributed by atoms with E-state index in [2.05, 4.69) is 4.98 Å². The molecular formula is C20H25NO5S. The van der Waals surface area contributed by atoms with E-state index in [1.54, 1.807) is 39.0 Å². The minimum atomic E-state index is -0.925. The average molecular weight is 391 g/mol. The Morgan fingerprint density at radius 1 is 1.26 bits per heavy atom. The maximum Gasteiger partial charge on any atom is 0.340 e. The highest BCUT2D eigenvalue weighted by Gasteiger charge is 2.27. The van der Waals surface area contributed by atoms with Crippen molar-refractivity contribution in [2.45, 2.75) is 53.1 Å². The van der Waals surface area contributed by atoms with Gasteiger partial charge in [0, 0.05) is 17.0 Å². The van der Waals surface area contributed by atoms with Gasteiger partial charge in [-0.3, -0.25) is 9.59 Å². The summed E-state index contributed by atoms with van der Waals surface area (Å²) in [6.45, 7) is 6.90. The molecule has 0 spiro atoms. The fraction of sp³-hybridized carbons (Fsp3) is 0.450. The van der Waals surface area contributed by atoms with E-state index in [-0.39, 0.29) is 24.5 Å². The van der Waals surface area contributed by atoms with Gasteiger partial charge in [-0.2, -0.15) is 0 Å². The van der Waals surface area contributed by atoms with Crippen LogP contribution < -0.4 is 0 Å². The van der Waals surface area contributed by atoms with Gasteiger partial charge in [0.1, 0.15) is 0 Å². The van der Waals surface area contributed by atoms with Crippen molar-refractivity contribution < 1.29 is 23.9 Å². The largest absolute Gasteiger partial charge is 0.462 e. The molecule has 6 nitrogen and oxygen atoms in total. The molecule has 2 aromatic rings. The number of carbonyl (C=O) groups excluding carboxylic acids is 3. The van der Waals surface area contributed by atoms with Crippen LogP contribution in [0.3, 0.4) is 0 Å². The summed E-state index contributed by atoms with van der Waals surface area (Å²) < 4.78 is 10.3. The molecule has 7 heteroatoms. The molecule has 27 heavy (non-hydrogen) atoms. The van der Waals surface area contributed by atoms with Crippen molar-refractivity contribution >= 4 is 29.1 Å². The number of ketones is 1. The Balaban J connectivity index is 1.95. The summed E-state index contributed by atoms with van der Waals surface area (Å²) in [7, 11) is 0. The second-order valence-corrected chi connectivity index (χ2v) is 7.31. The first kappa shape index (κ1) is 20.9. The van der Waals surface area contributed by atoms with Gasteiger partial charge in [0.05, 0.1) is 17.9 Å². The monoisotopic (exact) mass is 391 g/mol. The summed E-state index contributed by atoms with van der Waals surface area (Å²) in [4.78, 5) is 40.9. The number of ether oxygens (including phenoxy) is 2. The van der Waals surface area contributed by atoms with E-state index in [1.165, 1.54) is 4.88 Å². The van der Waals surface area contributed by atoms with Crippen molar-refractivity contribution in [3.8, 4) is 0 Å². The Labute approximate surface area is 162 Å². The van der Waals surface area contributed by atoms with Gasteiger partial charge in [-0.25, -0.2) is 4.79 Å². The number of aromatic amines is 1. The topological polar surface area (TPSA) is 85.5 Å². The van der Waals surface area contributed by atoms with Crippen molar-refractivity contribution in [2.75, 3.05) is 6.61 Å². The highest BCUT2D eigenvalue weighted by Crippen LogP contribution is 2.21. The minimum Gasteiger partial charge on any atom is -0.462 e. The maximum atomic E-state index is 12.6. The van der Waals surface area contributed by atoms with Crippen LogP contribution in [-0.2, 0) is 20.7 Å². The van der Waals surface area contributed by atoms with Crippen molar-refractivity contribution in [3.05, 3.63) is 44.9 Å². The molecule has 2 rings (SSSR count). The van der Waals surface area contributed by atoms with Crippen molar-refractivity contribution in [3.63, 3.8) is 0 Å². The van der Waals surface area contributed by atoms with Gasteiger partial charge in [-0.1, -0.05) is 6.07 Å². The summed E-state index contributed by atoms with van der Waals surface area (Å²) in [5, 5.41) is 2.00. The van der Waals surface area contributed by atoms with Crippen LogP contribution in [0.2, 0.25) is 0 Å². The van der Waals surface area contributed by atoms with Crippen LogP contribution in [0.15, 0.2) is 17.5 Å². The molecule has 0 aliphatic carbocycles. The molecule has 2 heterocycles. The maximum absolute atomic E-state index is 12.6. The van der Waals surface area contributed by atoms with Crippen LogP contribution in [0.5, 0.6) is 0 Å². The van der Waals surface area contributed by atoms with E-state index < -0.39 is 18.0 Å². The number of esters is 2. The van der Waals surface area contributed by atoms with Crippen LogP contribution >= 0.6 is 11.3 Å². The van der Waals surface area contributed by atoms with Gasteiger partial charge in [-0.15, -0.1) is 11.3 Å². The summed E-state index contributed by atoms with van der Waals surface area (Å²) in [5.74, 6) is -1.24. The van der Waals surface area contributed by atoms with Crippen LogP contribution in [0.25, 0.3) is 0 Å². The molecule has 0 aliphatic heterocycles. The lowest BCUT2D eigenvalue weighted by Crippen LogP contribution is -2.25. The minimum absolute atomic E-state index is 0.256. The Morgan fingerprint density at radius 3 is 2.63 bits per heavy atom. The van der Waals surface area contributed by atoms with E-state index in [4.69, 9.17) is 9.47 Å². The molecule has 0 radical (unpaired) electrons. The summed E-state index contributed by atoms with van der Waals surface area (Å²) in [5.41, 5.74) is 1.70. The normalized spacial score (nSPS) is 11.9. The summed E-state index contributed by atoms with van der Waals surface area (Å²) in [6.07, 6.45) is 0.818. The van der Waals surface area contributed by atoms with E-state index >= 15 is 0 Å². The van der Waals surface area contributed by atoms with Crippen LogP contribution in [-0.4, -0.2) is 35.4 Å². The number of Topliss-reactive ketones (excluding diaryl/α,β-unsaturated/α-hetero) is 1. The number of thiophene rings is 1. The number of H-pyrrole nitrogens is 1. The fourth-order valence-corrected chi connectivity index (χ4v) is 3.63. The van der Waals surface area contributed by atoms with E-state index in [1.807, 2.05) is 17.5 Å². The molecule has 0 bridgehead atoms. The highest BCUT2D eigenvalue weighted by molar-refractivity contribution is 7.09. The van der Waals surface area contributed by atoms with Crippen LogP contribution in [0.4, 0.5) is 0 Å². The number of carbonyl (C=O) groups is 3. The van der Waals surface area contributed by atoms with Gasteiger partial charge in [-0.05, 0) is 57.5 Å². The summed E-state index contributed by atoms with van der Waals surface area (Å²) in [6, 6.07) is 4.00. The average Bonchev–Trinajstić information content (AvgIpc) is 3.22. The molecule has 0 aromatic carbocycles. The van der Waals surface area contributed by atoms with Crippen LogP contribution in [0.1, 0.15) is 63.7 Å². The lowest BCUT2D eigenvalue weighted by atomic mass is 10.1. The van der Waals surface area contributed by atoms with Gasteiger partial charge in [0.2, 0.25) is 5.78 Å².